The lowest BCUT2D eigenvalue weighted by Gasteiger charge is -2.36. The first kappa shape index (κ1) is 12.6. The maximum Gasteiger partial charge on any atom is 0.240 e. The van der Waals surface area contributed by atoms with Gasteiger partial charge >= 0.3 is 0 Å². The van der Waals surface area contributed by atoms with Crippen molar-refractivity contribution in [2.24, 2.45) is 11.5 Å². The van der Waals surface area contributed by atoms with Gasteiger partial charge in [-0.15, -0.1) is 0 Å². The van der Waals surface area contributed by atoms with Gasteiger partial charge in [-0.3, -0.25) is 9.59 Å². The summed E-state index contributed by atoms with van der Waals surface area (Å²) >= 11 is 0. The SMILES string of the molecule is CC(N)C(=O)N1Cc2ccccc2CC1C(N)=O. The molecule has 2 rings (SSSR count). The van der Waals surface area contributed by atoms with Crippen LogP contribution < -0.4 is 11.5 Å². The Morgan fingerprint density at radius 1 is 1.33 bits per heavy atom. The number of nitrogens with two attached hydrogens (primary N) is 2. The molecule has 0 fully saturated rings. The summed E-state index contributed by atoms with van der Waals surface area (Å²) in [5.74, 6) is -0.730. The molecule has 1 aliphatic heterocycles. The normalized spacial score (nSPS) is 20.1. The Balaban J connectivity index is 2.34. The molecule has 1 aliphatic rings. The third-order valence-electron chi connectivity index (χ3n) is 3.25. The third kappa shape index (κ3) is 2.22. The number of carbonyl (C=O) groups is 2. The second-order valence-corrected chi connectivity index (χ2v) is 4.65. The fourth-order valence-corrected chi connectivity index (χ4v) is 2.27. The zero-order chi connectivity index (χ0) is 13.3. The lowest BCUT2D eigenvalue weighted by atomic mass is 9.93. The molecule has 0 saturated carbocycles. The minimum atomic E-state index is -0.628. The number of rotatable bonds is 2. The average molecular weight is 247 g/mol. The molecule has 0 spiro atoms. The van der Waals surface area contributed by atoms with Crippen LogP contribution in [0.5, 0.6) is 0 Å². The van der Waals surface area contributed by atoms with E-state index in [1.807, 2.05) is 24.3 Å². The standard InChI is InChI=1S/C13H17N3O2/c1-8(14)13(18)16-7-10-5-3-2-4-9(10)6-11(16)12(15)17/h2-5,8,11H,6-7,14H2,1H3,(H2,15,17). The molecule has 5 heteroatoms. The molecule has 0 aromatic heterocycles. The number of benzene rings is 1. The molecule has 2 atom stereocenters. The highest BCUT2D eigenvalue weighted by Gasteiger charge is 2.34. The predicted octanol–water partition coefficient (Wildman–Crippen LogP) is -0.228. The fraction of sp³-hybridized carbons (Fsp3) is 0.385. The summed E-state index contributed by atoms with van der Waals surface area (Å²) in [5, 5.41) is 0. The van der Waals surface area contributed by atoms with Crippen LogP contribution in [-0.4, -0.2) is 28.8 Å². The fourth-order valence-electron chi connectivity index (χ4n) is 2.27. The number of primary amides is 1. The highest BCUT2D eigenvalue weighted by Crippen LogP contribution is 2.23. The van der Waals surface area contributed by atoms with E-state index in [0.29, 0.717) is 13.0 Å². The van der Waals surface area contributed by atoms with E-state index in [-0.39, 0.29) is 5.91 Å². The molecule has 2 unspecified atom stereocenters. The minimum Gasteiger partial charge on any atom is -0.368 e. The van der Waals surface area contributed by atoms with Crippen LogP contribution >= 0.6 is 0 Å². The molecule has 18 heavy (non-hydrogen) atoms. The maximum atomic E-state index is 12.0. The first-order valence-corrected chi connectivity index (χ1v) is 5.93. The molecule has 1 aromatic carbocycles. The Morgan fingerprint density at radius 2 is 1.94 bits per heavy atom. The van der Waals surface area contributed by atoms with Gasteiger partial charge in [0, 0.05) is 13.0 Å². The van der Waals surface area contributed by atoms with Crippen molar-refractivity contribution >= 4 is 11.8 Å². The number of hydrogen-bond acceptors (Lipinski definition) is 3. The van der Waals surface area contributed by atoms with E-state index in [0.717, 1.165) is 11.1 Å². The lowest BCUT2D eigenvalue weighted by Crippen LogP contribution is -2.54. The highest BCUT2D eigenvalue weighted by molar-refractivity contribution is 5.89. The Hall–Kier alpha value is -1.88. The van der Waals surface area contributed by atoms with E-state index in [2.05, 4.69) is 0 Å². The molecular formula is C13H17N3O2. The van der Waals surface area contributed by atoms with Gasteiger partial charge in [-0.05, 0) is 18.1 Å². The molecule has 0 bridgehead atoms. The van der Waals surface area contributed by atoms with Gasteiger partial charge in [0.15, 0.2) is 0 Å². The smallest absolute Gasteiger partial charge is 0.240 e. The van der Waals surface area contributed by atoms with E-state index in [1.54, 1.807) is 6.92 Å². The van der Waals surface area contributed by atoms with Gasteiger partial charge in [-0.2, -0.15) is 0 Å². The molecule has 0 aliphatic carbocycles. The van der Waals surface area contributed by atoms with Crippen LogP contribution in [0.3, 0.4) is 0 Å². The van der Waals surface area contributed by atoms with Gasteiger partial charge < -0.3 is 16.4 Å². The quantitative estimate of drug-likeness (QED) is 0.756. The zero-order valence-corrected chi connectivity index (χ0v) is 10.3. The first-order chi connectivity index (χ1) is 8.50. The van der Waals surface area contributed by atoms with Gasteiger partial charge in [-0.1, -0.05) is 24.3 Å². The molecule has 1 heterocycles. The van der Waals surface area contributed by atoms with E-state index in [9.17, 15) is 9.59 Å². The van der Waals surface area contributed by atoms with Crippen LogP contribution in [0, 0.1) is 0 Å². The van der Waals surface area contributed by atoms with Crippen LogP contribution in [0.25, 0.3) is 0 Å². The molecule has 0 saturated heterocycles. The molecular weight excluding hydrogens is 230 g/mol. The highest BCUT2D eigenvalue weighted by atomic mass is 16.2. The Bertz CT molecular complexity index is 485. The summed E-state index contributed by atoms with van der Waals surface area (Å²) in [6.45, 7) is 2.01. The molecule has 2 amide bonds. The summed E-state index contributed by atoms with van der Waals surface area (Å²) in [7, 11) is 0. The third-order valence-corrected chi connectivity index (χ3v) is 3.25. The predicted molar refractivity (Wildman–Crippen MR) is 67.3 cm³/mol. The number of hydrogen-bond donors (Lipinski definition) is 2. The van der Waals surface area contributed by atoms with Crippen LogP contribution in [0.2, 0.25) is 0 Å². The first-order valence-electron chi connectivity index (χ1n) is 5.93. The number of carbonyl (C=O) groups excluding carboxylic acids is 2. The summed E-state index contributed by atoms with van der Waals surface area (Å²) in [4.78, 5) is 25.0. The van der Waals surface area contributed by atoms with Crippen LogP contribution in [-0.2, 0) is 22.6 Å². The molecule has 96 valence electrons. The largest absolute Gasteiger partial charge is 0.368 e. The molecule has 5 nitrogen and oxygen atoms in total. The van der Waals surface area contributed by atoms with Gasteiger partial charge in [0.2, 0.25) is 11.8 Å². The topological polar surface area (TPSA) is 89.4 Å². The van der Waals surface area contributed by atoms with Crippen molar-refractivity contribution in [3.63, 3.8) is 0 Å². The van der Waals surface area contributed by atoms with Gasteiger partial charge in [0.05, 0.1) is 6.04 Å². The van der Waals surface area contributed by atoms with Crippen molar-refractivity contribution < 1.29 is 9.59 Å². The van der Waals surface area contributed by atoms with Crippen molar-refractivity contribution in [2.75, 3.05) is 0 Å². The van der Waals surface area contributed by atoms with Crippen molar-refractivity contribution in [1.82, 2.24) is 4.90 Å². The zero-order valence-electron chi connectivity index (χ0n) is 10.3. The summed E-state index contributed by atoms with van der Waals surface area (Å²) < 4.78 is 0. The van der Waals surface area contributed by atoms with Crippen molar-refractivity contribution in [3.05, 3.63) is 35.4 Å². The summed E-state index contributed by atoms with van der Waals surface area (Å²) in [5.41, 5.74) is 13.1. The van der Waals surface area contributed by atoms with Crippen LogP contribution in [0.15, 0.2) is 24.3 Å². The number of fused-ring (bicyclic) bond motifs is 1. The van der Waals surface area contributed by atoms with Crippen LogP contribution in [0.1, 0.15) is 18.1 Å². The van der Waals surface area contributed by atoms with Gasteiger partial charge in [0.1, 0.15) is 6.04 Å². The minimum absolute atomic E-state index is 0.242. The Labute approximate surface area is 106 Å². The van der Waals surface area contributed by atoms with E-state index < -0.39 is 18.0 Å². The Kier molecular flexibility index (Phi) is 3.34. The average Bonchev–Trinajstić information content (AvgIpc) is 2.36. The van der Waals surface area contributed by atoms with E-state index in [1.165, 1.54) is 4.90 Å². The summed E-state index contributed by atoms with van der Waals surface area (Å²) in [6.07, 6.45) is 0.462. The second-order valence-electron chi connectivity index (χ2n) is 4.65. The van der Waals surface area contributed by atoms with E-state index >= 15 is 0 Å². The Morgan fingerprint density at radius 3 is 2.50 bits per heavy atom. The van der Waals surface area contributed by atoms with Crippen LogP contribution in [0.4, 0.5) is 0 Å². The molecule has 1 aromatic rings. The van der Waals surface area contributed by atoms with Crippen molar-refractivity contribution in [1.29, 1.82) is 0 Å². The maximum absolute atomic E-state index is 12.0. The molecule has 4 N–H and O–H groups in total. The van der Waals surface area contributed by atoms with E-state index in [4.69, 9.17) is 11.5 Å². The van der Waals surface area contributed by atoms with Gasteiger partial charge in [0.25, 0.3) is 0 Å². The van der Waals surface area contributed by atoms with Gasteiger partial charge in [-0.25, -0.2) is 0 Å². The lowest BCUT2D eigenvalue weighted by molar-refractivity contribution is -0.141. The summed E-state index contributed by atoms with van der Waals surface area (Å²) in [6, 6.07) is 6.51. The molecule has 0 radical (unpaired) electrons. The van der Waals surface area contributed by atoms with Crippen molar-refractivity contribution in [2.45, 2.75) is 32.0 Å². The monoisotopic (exact) mass is 247 g/mol. The van der Waals surface area contributed by atoms with Crippen molar-refractivity contribution in [3.8, 4) is 0 Å². The number of amides is 2. The number of nitrogens with zero attached hydrogens (tertiary/aromatic N) is 1. The second kappa shape index (κ2) is 4.78.